The molecule has 0 amide bonds. The summed E-state index contributed by atoms with van der Waals surface area (Å²) in [6, 6.07) is 6.30. The molecule has 1 rings (SSSR count). The molecule has 0 aromatic heterocycles. The van der Waals surface area contributed by atoms with Crippen molar-refractivity contribution in [2.75, 3.05) is 0 Å². The van der Waals surface area contributed by atoms with Gasteiger partial charge in [0, 0.05) is 18.6 Å². The molecule has 0 fully saturated rings. The fourth-order valence-corrected chi connectivity index (χ4v) is 0.967. The smallest absolute Gasteiger partial charge is 0.385 e. The van der Waals surface area contributed by atoms with E-state index in [4.69, 9.17) is 10.1 Å². The molecule has 0 saturated carbocycles. The van der Waals surface area contributed by atoms with Crippen LogP contribution in [-0.2, 0) is 4.79 Å². The van der Waals surface area contributed by atoms with Crippen LogP contribution in [0.1, 0.15) is 19.8 Å². The largest absolute Gasteiger partial charge is 0.427 e. The van der Waals surface area contributed by atoms with Crippen LogP contribution in [0.2, 0.25) is 0 Å². The quantitative estimate of drug-likeness (QED) is 0.419. The summed E-state index contributed by atoms with van der Waals surface area (Å²) in [5.41, 5.74) is 0.431. The Morgan fingerprint density at radius 1 is 1.43 bits per heavy atom. The standard InChI is InChI=1S/C10H11N2O2/c1-2-3-10(13)14-9-6-4-8(12-11)5-7-9/h4-7H,2-3H2,1H3/q+1. The molecule has 0 N–H and O–H groups in total. The van der Waals surface area contributed by atoms with E-state index in [1.807, 2.05) is 6.92 Å². The minimum absolute atomic E-state index is 0.249. The van der Waals surface area contributed by atoms with E-state index in [1.165, 1.54) is 0 Å². The van der Waals surface area contributed by atoms with Gasteiger partial charge in [0.05, 0.1) is 0 Å². The summed E-state index contributed by atoms with van der Waals surface area (Å²) in [6.07, 6.45) is 1.18. The predicted octanol–water partition coefficient (Wildman–Crippen LogP) is 2.88. The van der Waals surface area contributed by atoms with Crippen LogP contribution in [0.15, 0.2) is 24.3 Å². The second-order valence-corrected chi connectivity index (χ2v) is 2.82. The van der Waals surface area contributed by atoms with Crippen molar-refractivity contribution >= 4 is 11.7 Å². The first kappa shape index (κ1) is 10.2. The van der Waals surface area contributed by atoms with E-state index >= 15 is 0 Å². The van der Waals surface area contributed by atoms with Gasteiger partial charge in [-0.3, -0.25) is 4.79 Å². The molecular weight excluding hydrogens is 180 g/mol. The lowest BCUT2D eigenvalue weighted by molar-refractivity contribution is -0.134. The highest BCUT2D eigenvalue weighted by molar-refractivity contribution is 5.72. The van der Waals surface area contributed by atoms with Crippen LogP contribution < -0.4 is 4.74 Å². The summed E-state index contributed by atoms with van der Waals surface area (Å²) in [7, 11) is 0. The number of ether oxygens (including phenoxy) is 1. The topological polar surface area (TPSA) is 54.5 Å². The van der Waals surface area contributed by atoms with E-state index in [1.54, 1.807) is 24.3 Å². The number of hydrogen-bond donors (Lipinski definition) is 0. The maximum atomic E-state index is 11.1. The van der Waals surface area contributed by atoms with Crippen molar-refractivity contribution in [3.05, 3.63) is 29.2 Å². The third kappa shape index (κ3) is 2.87. The molecule has 4 heteroatoms. The van der Waals surface area contributed by atoms with E-state index < -0.39 is 0 Å². The fourth-order valence-electron chi connectivity index (χ4n) is 0.967. The van der Waals surface area contributed by atoms with Gasteiger partial charge in [0.2, 0.25) is 5.39 Å². The second kappa shape index (κ2) is 4.97. The number of esters is 1. The Morgan fingerprint density at radius 3 is 2.57 bits per heavy atom. The Labute approximate surface area is 82.1 Å². The van der Waals surface area contributed by atoms with Crippen LogP contribution in [0, 0.1) is 5.39 Å². The van der Waals surface area contributed by atoms with Gasteiger partial charge in [-0.05, 0) is 18.6 Å². The average Bonchev–Trinajstić information content (AvgIpc) is 2.19. The van der Waals surface area contributed by atoms with Crippen molar-refractivity contribution in [1.82, 2.24) is 0 Å². The Bertz CT molecular complexity index is 351. The first-order chi connectivity index (χ1) is 6.76. The lowest BCUT2D eigenvalue weighted by Gasteiger charge is -2.00. The third-order valence-electron chi connectivity index (χ3n) is 1.64. The Balaban J connectivity index is 2.61. The monoisotopic (exact) mass is 191 g/mol. The van der Waals surface area contributed by atoms with Crippen LogP contribution in [0.5, 0.6) is 5.75 Å². The summed E-state index contributed by atoms with van der Waals surface area (Å²) in [4.78, 5) is 14.1. The van der Waals surface area contributed by atoms with Gasteiger partial charge in [0.1, 0.15) is 5.75 Å². The summed E-state index contributed by atoms with van der Waals surface area (Å²) in [5.74, 6) is 0.219. The number of nitrogens with zero attached hydrogens (tertiary/aromatic N) is 2. The van der Waals surface area contributed by atoms with Crippen LogP contribution in [0.3, 0.4) is 0 Å². The molecule has 14 heavy (non-hydrogen) atoms. The number of diazo groups is 1. The zero-order valence-electron chi connectivity index (χ0n) is 7.93. The van der Waals surface area contributed by atoms with Gasteiger partial charge in [0.25, 0.3) is 0 Å². The number of carbonyl (C=O) groups is 1. The van der Waals surface area contributed by atoms with Gasteiger partial charge in [0.15, 0.2) is 4.98 Å². The Hall–Kier alpha value is -1.89. The van der Waals surface area contributed by atoms with Gasteiger partial charge in [-0.2, -0.15) is 0 Å². The molecule has 0 atom stereocenters. The first-order valence-electron chi connectivity index (χ1n) is 4.42. The van der Waals surface area contributed by atoms with Crippen molar-refractivity contribution in [1.29, 1.82) is 5.39 Å². The normalized spacial score (nSPS) is 9.14. The minimum Gasteiger partial charge on any atom is -0.427 e. The lowest BCUT2D eigenvalue weighted by atomic mass is 10.3. The molecule has 0 unspecified atom stereocenters. The zero-order valence-corrected chi connectivity index (χ0v) is 7.93. The van der Waals surface area contributed by atoms with E-state index in [2.05, 4.69) is 4.98 Å². The Morgan fingerprint density at radius 2 is 2.07 bits per heavy atom. The molecule has 0 aliphatic heterocycles. The molecule has 0 spiro atoms. The molecule has 1 aromatic carbocycles. The van der Waals surface area contributed by atoms with Crippen molar-refractivity contribution < 1.29 is 9.53 Å². The van der Waals surface area contributed by atoms with E-state index in [-0.39, 0.29) is 5.97 Å². The van der Waals surface area contributed by atoms with Crippen LogP contribution in [0.4, 0.5) is 5.69 Å². The third-order valence-corrected chi connectivity index (χ3v) is 1.64. The van der Waals surface area contributed by atoms with Gasteiger partial charge in [-0.15, -0.1) is 0 Å². The van der Waals surface area contributed by atoms with Crippen LogP contribution >= 0.6 is 0 Å². The second-order valence-electron chi connectivity index (χ2n) is 2.82. The first-order valence-corrected chi connectivity index (χ1v) is 4.42. The zero-order chi connectivity index (χ0) is 10.4. The highest BCUT2D eigenvalue weighted by Gasteiger charge is 2.06. The number of hydrogen-bond acceptors (Lipinski definition) is 3. The van der Waals surface area contributed by atoms with E-state index in [9.17, 15) is 4.79 Å². The van der Waals surface area contributed by atoms with Gasteiger partial charge < -0.3 is 4.74 Å². The fraction of sp³-hybridized carbons (Fsp3) is 0.300. The van der Waals surface area contributed by atoms with E-state index in [0.29, 0.717) is 17.9 Å². The molecule has 72 valence electrons. The average molecular weight is 191 g/mol. The molecule has 0 bridgehead atoms. The highest BCUT2D eigenvalue weighted by Crippen LogP contribution is 2.18. The Kier molecular flexibility index (Phi) is 3.62. The van der Waals surface area contributed by atoms with Crippen molar-refractivity contribution in [2.24, 2.45) is 0 Å². The van der Waals surface area contributed by atoms with Gasteiger partial charge in [-0.25, -0.2) is 0 Å². The predicted molar refractivity (Wildman–Crippen MR) is 51.7 cm³/mol. The van der Waals surface area contributed by atoms with Crippen LogP contribution in [0.25, 0.3) is 4.98 Å². The van der Waals surface area contributed by atoms with E-state index in [0.717, 1.165) is 6.42 Å². The summed E-state index contributed by atoms with van der Waals surface area (Å²) in [5, 5.41) is 8.41. The van der Waals surface area contributed by atoms with Crippen LogP contribution in [-0.4, -0.2) is 5.97 Å². The SMILES string of the molecule is CCCC(=O)Oc1ccc([N+]#N)cc1. The van der Waals surface area contributed by atoms with Gasteiger partial charge >= 0.3 is 11.7 Å². The maximum absolute atomic E-state index is 11.1. The number of carbonyl (C=O) groups excluding carboxylic acids is 1. The van der Waals surface area contributed by atoms with Crippen molar-refractivity contribution in [3.8, 4) is 5.75 Å². The number of benzene rings is 1. The molecule has 0 heterocycles. The number of rotatable bonds is 3. The van der Waals surface area contributed by atoms with Crippen molar-refractivity contribution in [2.45, 2.75) is 19.8 Å². The summed E-state index contributed by atoms with van der Waals surface area (Å²) < 4.78 is 4.99. The molecule has 4 nitrogen and oxygen atoms in total. The molecule has 0 aliphatic carbocycles. The van der Waals surface area contributed by atoms with Crippen molar-refractivity contribution in [3.63, 3.8) is 0 Å². The highest BCUT2D eigenvalue weighted by atomic mass is 16.5. The molecular formula is C10H11N2O2+. The lowest BCUT2D eigenvalue weighted by Crippen LogP contribution is -2.06. The minimum atomic E-state index is -0.249. The molecule has 0 radical (unpaired) electrons. The maximum Gasteiger partial charge on any atom is 0.385 e. The molecule has 0 saturated heterocycles. The molecule has 1 aromatic rings. The molecule has 0 aliphatic rings. The summed E-state index contributed by atoms with van der Waals surface area (Å²) in [6.45, 7) is 1.91. The summed E-state index contributed by atoms with van der Waals surface area (Å²) >= 11 is 0. The van der Waals surface area contributed by atoms with Gasteiger partial charge in [-0.1, -0.05) is 6.92 Å².